The highest BCUT2D eigenvalue weighted by Gasteiger charge is 2.15. The zero-order valence-electron chi connectivity index (χ0n) is 13.3. The predicted octanol–water partition coefficient (Wildman–Crippen LogP) is -0.0284. The number of ether oxygens (including phenoxy) is 1. The van der Waals surface area contributed by atoms with Gasteiger partial charge in [0.25, 0.3) is 11.8 Å². The summed E-state index contributed by atoms with van der Waals surface area (Å²) in [6.45, 7) is -0.259. The molecule has 22 heavy (non-hydrogen) atoms. The van der Waals surface area contributed by atoms with Crippen LogP contribution in [0, 0.1) is 0 Å². The Morgan fingerprint density at radius 3 is 2.18 bits per heavy atom. The Morgan fingerprint density at radius 1 is 1.00 bits per heavy atom. The van der Waals surface area contributed by atoms with Gasteiger partial charge in [0.2, 0.25) is 5.91 Å². The summed E-state index contributed by atoms with van der Waals surface area (Å²) in [6, 6.07) is 6.57. The fourth-order valence-corrected chi connectivity index (χ4v) is 1.46. The molecule has 7 heteroatoms. The lowest BCUT2D eigenvalue weighted by Gasteiger charge is -2.14. The number of para-hydroxylation sites is 1. The molecule has 0 aliphatic heterocycles. The summed E-state index contributed by atoms with van der Waals surface area (Å²) in [5.74, 6) is -0.553. The van der Waals surface area contributed by atoms with Gasteiger partial charge >= 0.3 is 0 Å². The van der Waals surface area contributed by atoms with Crippen LogP contribution in [0.5, 0.6) is 5.75 Å². The van der Waals surface area contributed by atoms with Crippen LogP contribution in [0.15, 0.2) is 24.3 Å². The molecule has 0 atom stereocenters. The van der Waals surface area contributed by atoms with Crippen LogP contribution in [0.1, 0.15) is 10.4 Å². The van der Waals surface area contributed by atoms with Crippen LogP contribution >= 0.6 is 0 Å². The molecular weight excluding hydrogens is 286 g/mol. The molecule has 1 aromatic carbocycles. The summed E-state index contributed by atoms with van der Waals surface area (Å²) in [4.78, 5) is 37.9. The first kappa shape index (κ1) is 17.5. The summed E-state index contributed by atoms with van der Waals surface area (Å²) in [5.41, 5.74) is 0.278. The first-order chi connectivity index (χ1) is 10.3. The van der Waals surface area contributed by atoms with E-state index in [0.29, 0.717) is 5.75 Å². The minimum atomic E-state index is -0.428. The molecule has 0 aliphatic carbocycles. The zero-order valence-corrected chi connectivity index (χ0v) is 13.3. The fraction of sp³-hybridized carbons (Fsp3) is 0.400. The molecule has 0 radical (unpaired) electrons. The SMILES string of the molecule is CN(C)C(=O)CNC(=O)c1ccccc1OCC(=O)N(C)C. The molecule has 1 rings (SSSR count). The van der Waals surface area contributed by atoms with Gasteiger partial charge in [-0.05, 0) is 12.1 Å². The highest BCUT2D eigenvalue weighted by molar-refractivity contribution is 5.98. The van der Waals surface area contributed by atoms with Crippen LogP contribution in [0.25, 0.3) is 0 Å². The van der Waals surface area contributed by atoms with Crippen LogP contribution in [0.3, 0.4) is 0 Å². The van der Waals surface area contributed by atoms with Crippen LogP contribution in [0.4, 0.5) is 0 Å². The van der Waals surface area contributed by atoms with Gasteiger partial charge < -0.3 is 19.9 Å². The molecule has 0 bridgehead atoms. The van der Waals surface area contributed by atoms with Crippen LogP contribution in [0.2, 0.25) is 0 Å². The Balaban J connectivity index is 2.72. The summed E-state index contributed by atoms with van der Waals surface area (Å²) >= 11 is 0. The summed E-state index contributed by atoms with van der Waals surface area (Å²) in [6.07, 6.45) is 0. The fourth-order valence-electron chi connectivity index (χ4n) is 1.46. The first-order valence-corrected chi connectivity index (χ1v) is 6.73. The lowest BCUT2D eigenvalue weighted by Crippen LogP contribution is -2.36. The Bertz CT molecular complexity index is 555. The molecule has 0 unspecified atom stereocenters. The predicted molar refractivity (Wildman–Crippen MR) is 81.7 cm³/mol. The Kier molecular flexibility index (Phi) is 6.37. The largest absolute Gasteiger partial charge is 0.483 e. The second-order valence-corrected chi connectivity index (χ2v) is 5.04. The van der Waals surface area contributed by atoms with E-state index in [1.165, 1.54) is 9.80 Å². The molecule has 0 fully saturated rings. The van der Waals surface area contributed by atoms with Crippen molar-refractivity contribution in [3.05, 3.63) is 29.8 Å². The van der Waals surface area contributed by atoms with Gasteiger partial charge in [0.15, 0.2) is 6.61 Å². The molecule has 0 saturated carbocycles. The van der Waals surface area contributed by atoms with Crippen molar-refractivity contribution >= 4 is 17.7 Å². The minimum Gasteiger partial charge on any atom is -0.483 e. The Morgan fingerprint density at radius 2 is 1.59 bits per heavy atom. The lowest BCUT2D eigenvalue weighted by molar-refractivity contribution is -0.130. The van der Waals surface area contributed by atoms with Gasteiger partial charge in [0.05, 0.1) is 12.1 Å². The molecule has 1 N–H and O–H groups in total. The molecule has 0 aliphatic rings. The highest BCUT2D eigenvalue weighted by atomic mass is 16.5. The van der Waals surface area contributed by atoms with Gasteiger partial charge in [-0.1, -0.05) is 12.1 Å². The van der Waals surface area contributed by atoms with Crippen molar-refractivity contribution in [1.82, 2.24) is 15.1 Å². The van der Waals surface area contributed by atoms with E-state index in [-0.39, 0.29) is 30.5 Å². The minimum absolute atomic E-state index is 0.100. The molecule has 0 heterocycles. The molecule has 1 aromatic rings. The molecule has 0 spiro atoms. The van der Waals surface area contributed by atoms with Gasteiger partial charge in [-0.2, -0.15) is 0 Å². The maximum atomic E-state index is 12.1. The number of rotatable bonds is 6. The monoisotopic (exact) mass is 307 g/mol. The summed E-state index contributed by atoms with van der Waals surface area (Å²) in [7, 11) is 6.46. The highest BCUT2D eigenvalue weighted by Crippen LogP contribution is 2.17. The summed E-state index contributed by atoms with van der Waals surface area (Å²) in [5, 5.41) is 2.53. The third-order valence-electron chi connectivity index (χ3n) is 2.88. The maximum absolute atomic E-state index is 12.1. The van der Waals surface area contributed by atoms with E-state index < -0.39 is 5.91 Å². The number of hydrogen-bond acceptors (Lipinski definition) is 4. The number of carbonyl (C=O) groups excluding carboxylic acids is 3. The van der Waals surface area contributed by atoms with E-state index in [2.05, 4.69) is 5.32 Å². The second kappa shape index (κ2) is 8.02. The smallest absolute Gasteiger partial charge is 0.259 e. The zero-order chi connectivity index (χ0) is 16.7. The van der Waals surface area contributed by atoms with Gasteiger partial charge in [0.1, 0.15) is 5.75 Å². The number of nitrogens with one attached hydrogen (secondary N) is 1. The first-order valence-electron chi connectivity index (χ1n) is 6.73. The van der Waals surface area contributed by atoms with E-state index >= 15 is 0 Å². The molecule has 3 amide bonds. The standard InChI is InChI=1S/C15H21N3O4/c1-17(2)13(19)9-16-15(21)11-7-5-6-8-12(11)22-10-14(20)18(3)4/h5-8H,9-10H2,1-4H3,(H,16,21). The van der Waals surface area contributed by atoms with Crippen molar-refractivity contribution < 1.29 is 19.1 Å². The number of carbonyl (C=O) groups is 3. The molecular formula is C15H21N3O4. The summed E-state index contributed by atoms with van der Waals surface area (Å²) < 4.78 is 5.39. The molecule has 0 saturated heterocycles. The Hall–Kier alpha value is -2.57. The quantitative estimate of drug-likeness (QED) is 0.800. The average molecular weight is 307 g/mol. The lowest BCUT2D eigenvalue weighted by atomic mass is 10.2. The number of benzene rings is 1. The van der Waals surface area contributed by atoms with Crippen LogP contribution in [-0.2, 0) is 9.59 Å². The van der Waals surface area contributed by atoms with E-state index in [1.54, 1.807) is 52.5 Å². The third-order valence-corrected chi connectivity index (χ3v) is 2.88. The van der Waals surface area contributed by atoms with Crippen molar-refractivity contribution in [3.63, 3.8) is 0 Å². The maximum Gasteiger partial charge on any atom is 0.259 e. The van der Waals surface area contributed by atoms with Gasteiger partial charge in [-0.25, -0.2) is 0 Å². The number of amides is 3. The van der Waals surface area contributed by atoms with Crippen LogP contribution < -0.4 is 10.1 Å². The third kappa shape index (κ3) is 5.08. The average Bonchev–Trinajstić information content (AvgIpc) is 2.49. The van der Waals surface area contributed by atoms with Crippen molar-refractivity contribution in [1.29, 1.82) is 0 Å². The van der Waals surface area contributed by atoms with Crippen molar-refractivity contribution in [2.75, 3.05) is 41.3 Å². The van der Waals surface area contributed by atoms with E-state index in [9.17, 15) is 14.4 Å². The topological polar surface area (TPSA) is 79.0 Å². The number of likely N-dealkylation sites (N-methyl/N-ethyl adjacent to an activating group) is 2. The molecule has 7 nitrogen and oxygen atoms in total. The van der Waals surface area contributed by atoms with Gasteiger partial charge in [0, 0.05) is 28.2 Å². The van der Waals surface area contributed by atoms with E-state index in [1.807, 2.05) is 0 Å². The van der Waals surface area contributed by atoms with E-state index in [0.717, 1.165) is 0 Å². The molecule has 120 valence electrons. The second-order valence-electron chi connectivity index (χ2n) is 5.04. The van der Waals surface area contributed by atoms with Crippen molar-refractivity contribution in [3.8, 4) is 5.75 Å². The van der Waals surface area contributed by atoms with Gasteiger partial charge in [-0.15, -0.1) is 0 Å². The Labute approximate surface area is 129 Å². The normalized spacial score (nSPS) is 9.82. The van der Waals surface area contributed by atoms with Crippen molar-refractivity contribution in [2.45, 2.75) is 0 Å². The molecule has 0 aromatic heterocycles. The number of nitrogens with zero attached hydrogens (tertiary/aromatic N) is 2. The van der Waals surface area contributed by atoms with Crippen molar-refractivity contribution in [2.24, 2.45) is 0 Å². The number of hydrogen-bond donors (Lipinski definition) is 1. The van der Waals surface area contributed by atoms with Crippen LogP contribution in [-0.4, -0.2) is 68.9 Å². The van der Waals surface area contributed by atoms with E-state index in [4.69, 9.17) is 4.74 Å². The van der Waals surface area contributed by atoms with Gasteiger partial charge in [-0.3, -0.25) is 14.4 Å².